The molecule has 0 bridgehead atoms. The quantitative estimate of drug-likeness (QED) is 0.685. The van der Waals surface area contributed by atoms with Gasteiger partial charge in [-0.25, -0.2) is 4.98 Å². The zero-order valence-electron chi connectivity index (χ0n) is 12.1. The van der Waals surface area contributed by atoms with Gasteiger partial charge in [-0.3, -0.25) is 0 Å². The fraction of sp³-hybridized carbons (Fsp3) is 0.118. The molecule has 3 aromatic rings. The summed E-state index contributed by atoms with van der Waals surface area (Å²) in [5.41, 5.74) is 3.34. The maximum Gasteiger partial charge on any atom is 0.203 e. The first-order valence-electron chi connectivity index (χ1n) is 6.89. The smallest absolute Gasteiger partial charge is 0.203 e. The van der Waals surface area contributed by atoms with E-state index in [9.17, 15) is 0 Å². The van der Waals surface area contributed by atoms with Crippen LogP contribution in [-0.2, 0) is 13.6 Å². The Labute approximate surface area is 143 Å². The summed E-state index contributed by atoms with van der Waals surface area (Å²) in [7, 11) is 2.00. The van der Waals surface area contributed by atoms with E-state index in [-0.39, 0.29) is 0 Å². The third kappa shape index (κ3) is 3.34. The van der Waals surface area contributed by atoms with Crippen molar-refractivity contribution in [3.63, 3.8) is 0 Å². The average molecular weight is 377 g/mol. The van der Waals surface area contributed by atoms with Crippen molar-refractivity contribution in [2.24, 2.45) is 7.05 Å². The molecule has 22 heavy (non-hydrogen) atoms. The Morgan fingerprint density at radius 1 is 1.18 bits per heavy atom. The number of aromatic nitrogens is 2. The van der Waals surface area contributed by atoms with Crippen molar-refractivity contribution in [2.45, 2.75) is 6.54 Å². The summed E-state index contributed by atoms with van der Waals surface area (Å²) in [6.07, 6.45) is 1.87. The van der Waals surface area contributed by atoms with E-state index in [1.54, 1.807) is 0 Å². The summed E-state index contributed by atoms with van der Waals surface area (Å²) >= 11 is 9.42. The molecule has 0 radical (unpaired) electrons. The lowest BCUT2D eigenvalue weighted by Crippen LogP contribution is -2.05. The van der Waals surface area contributed by atoms with Crippen LogP contribution in [0.4, 0.5) is 5.95 Å². The number of nitrogens with zero attached hydrogens (tertiary/aromatic N) is 2. The van der Waals surface area contributed by atoms with Crippen LogP contribution in [0.25, 0.3) is 11.3 Å². The zero-order chi connectivity index (χ0) is 15.5. The number of imidazole rings is 1. The van der Waals surface area contributed by atoms with Crippen molar-refractivity contribution < 1.29 is 0 Å². The molecule has 3 nitrogen and oxygen atoms in total. The lowest BCUT2D eigenvalue weighted by Gasteiger charge is -2.09. The molecule has 0 unspecified atom stereocenters. The average Bonchev–Trinajstić information content (AvgIpc) is 2.87. The minimum atomic E-state index is 0.727. The minimum absolute atomic E-state index is 0.727. The van der Waals surface area contributed by atoms with E-state index in [4.69, 9.17) is 11.6 Å². The van der Waals surface area contributed by atoms with Crippen LogP contribution in [0.3, 0.4) is 0 Å². The lowest BCUT2D eigenvalue weighted by molar-refractivity contribution is 0.906. The van der Waals surface area contributed by atoms with Gasteiger partial charge in [-0.05, 0) is 35.4 Å². The second-order valence-corrected chi connectivity index (χ2v) is 6.37. The van der Waals surface area contributed by atoms with Crippen LogP contribution in [0.5, 0.6) is 0 Å². The molecule has 0 atom stereocenters. The first-order valence-corrected chi connectivity index (χ1v) is 8.06. The van der Waals surface area contributed by atoms with Crippen LogP contribution in [-0.4, -0.2) is 9.55 Å². The van der Waals surface area contributed by atoms with E-state index in [0.717, 1.165) is 33.2 Å². The standard InChI is InChI=1S/C17H15BrClN3/c1-22-16(13-5-7-15(19)8-6-13)11-21-17(22)20-10-12-3-2-4-14(18)9-12/h2-9,11H,10H2,1H3,(H,20,21). The number of anilines is 1. The fourth-order valence-electron chi connectivity index (χ4n) is 2.29. The molecule has 3 rings (SSSR count). The van der Waals surface area contributed by atoms with Crippen LogP contribution in [0, 0.1) is 0 Å². The summed E-state index contributed by atoms with van der Waals surface area (Å²) in [5.74, 6) is 0.838. The van der Waals surface area contributed by atoms with E-state index >= 15 is 0 Å². The molecule has 0 amide bonds. The Kier molecular flexibility index (Phi) is 4.50. The number of halogens is 2. The van der Waals surface area contributed by atoms with Crippen molar-refractivity contribution in [1.82, 2.24) is 9.55 Å². The Morgan fingerprint density at radius 3 is 2.68 bits per heavy atom. The third-order valence-electron chi connectivity index (χ3n) is 3.47. The van der Waals surface area contributed by atoms with Crippen molar-refractivity contribution in [2.75, 3.05) is 5.32 Å². The van der Waals surface area contributed by atoms with Gasteiger partial charge in [-0.15, -0.1) is 0 Å². The van der Waals surface area contributed by atoms with Gasteiger partial charge in [0.1, 0.15) is 0 Å². The van der Waals surface area contributed by atoms with E-state index in [1.165, 1.54) is 5.56 Å². The maximum atomic E-state index is 5.94. The number of hydrogen-bond donors (Lipinski definition) is 1. The Morgan fingerprint density at radius 2 is 1.95 bits per heavy atom. The molecule has 0 fully saturated rings. The molecule has 0 saturated carbocycles. The number of nitrogens with one attached hydrogen (secondary N) is 1. The predicted molar refractivity (Wildman–Crippen MR) is 95.1 cm³/mol. The second kappa shape index (κ2) is 6.55. The first-order chi connectivity index (χ1) is 10.6. The molecular weight excluding hydrogens is 362 g/mol. The SMILES string of the molecule is Cn1c(-c2ccc(Cl)cc2)cnc1NCc1cccc(Br)c1. The molecule has 2 aromatic carbocycles. The van der Waals surface area contributed by atoms with Gasteiger partial charge in [-0.1, -0.05) is 51.8 Å². The number of benzene rings is 2. The monoisotopic (exact) mass is 375 g/mol. The molecule has 0 saturated heterocycles. The van der Waals surface area contributed by atoms with Gasteiger partial charge in [0, 0.05) is 23.1 Å². The molecule has 1 aromatic heterocycles. The molecule has 5 heteroatoms. The molecule has 0 spiro atoms. The van der Waals surface area contributed by atoms with E-state index in [1.807, 2.05) is 54.2 Å². The zero-order valence-corrected chi connectivity index (χ0v) is 14.4. The van der Waals surface area contributed by atoms with Gasteiger partial charge >= 0.3 is 0 Å². The lowest BCUT2D eigenvalue weighted by atomic mass is 10.2. The Balaban J connectivity index is 1.77. The highest BCUT2D eigenvalue weighted by Crippen LogP contribution is 2.24. The van der Waals surface area contributed by atoms with E-state index in [2.05, 4.69) is 38.4 Å². The third-order valence-corrected chi connectivity index (χ3v) is 4.21. The molecular formula is C17H15BrClN3. The second-order valence-electron chi connectivity index (χ2n) is 5.02. The van der Waals surface area contributed by atoms with Crippen LogP contribution < -0.4 is 5.32 Å². The molecule has 0 aliphatic heterocycles. The molecule has 0 aliphatic carbocycles. The maximum absolute atomic E-state index is 5.94. The molecule has 112 valence electrons. The summed E-state index contributed by atoms with van der Waals surface area (Å²) < 4.78 is 3.12. The van der Waals surface area contributed by atoms with Crippen LogP contribution >= 0.6 is 27.5 Å². The van der Waals surface area contributed by atoms with Gasteiger partial charge in [-0.2, -0.15) is 0 Å². The highest BCUT2D eigenvalue weighted by atomic mass is 79.9. The van der Waals surface area contributed by atoms with Crippen LogP contribution in [0.2, 0.25) is 5.02 Å². The summed E-state index contributed by atoms with van der Waals surface area (Å²) in [6, 6.07) is 16.0. The number of rotatable bonds is 4. The predicted octanol–water partition coefficient (Wildman–Crippen LogP) is 5.12. The van der Waals surface area contributed by atoms with Gasteiger partial charge in [0.2, 0.25) is 5.95 Å². The van der Waals surface area contributed by atoms with Gasteiger partial charge in [0.15, 0.2) is 0 Å². The fourth-order valence-corrected chi connectivity index (χ4v) is 2.86. The highest BCUT2D eigenvalue weighted by Gasteiger charge is 2.08. The molecule has 1 heterocycles. The summed E-state index contributed by atoms with van der Waals surface area (Å²) in [5, 5.41) is 4.10. The Bertz CT molecular complexity index is 781. The number of hydrogen-bond acceptors (Lipinski definition) is 2. The van der Waals surface area contributed by atoms with E-state index in [0.29, 0.717) is 0 Å². The van der Waals surface area contributed by atoms with Crippen molar-refractivity contribution in [1.29, 1.82) is 0 Å². The van der Waals surface area contributed by atoms with Gasteiger partial charge in [0.05, 0.1) is 11.9 Å². The molecule has 0 aliphatic rings. The van der Waals surface area contributed by atoms with Gasteiger partial charge < -0.3 is 9.88 Å². The minimum Gasteiger partial charge on any atom is -0.352 e. The van der Waals surface area contributed by atoms with Crippen molar-refractivity contribution >= 4 is 33.5 Å². The normalized spacial score (nSPS) is 10.7. The van der Waals surface area contributed by atoms with Crippen molar-refractivity contribution in [3.8, 4) is 11.3 Å². The van der Waals surface area contributed by atoms with Crippen LogP contribution in [0.1, 0.15) is 5.56 Å². The Hall–Kier alpha value is -1.78. The summed E-state index contributed by atoms with van der Waals surface area (Å²) in [6.45, 7) is 0.727. The van der Waals surface area contributed by atoms with Crippen LogP contribution in [0.15, 0.2) is 59.2 Å². The first kappa shape index (κ1) is 15.1. The van der Waals surface area contributed by atoms with Crippen molar-refractivity contribution in [3.05, 3.63) is 69.8 Å². The highest BCUT2D eigenvalue weighted by molar-refractivity contribution is 9.10. The van der Waals surface area contributed by atoms with E-state index < -0.39 is 0 Å². The van der Waals surface area contributed by atoms with Gasteiger partial charge in [0.25, 0.3) is 0 Å². The topological polar surface area (TPSA) is 29.9 Å². The molecule has 1 N–H and O–H groups in total. The largest absolute Gasteiger partial charge is 0.352 e. The summed E-state index contributed by atoms with van der Waals surface area (Å²) in [4.78, 5) is 4.46.